The van der Waals surface area contributed by atoms with Crippen molar-refractivity contribution in [1.29, 1.82) is 0 Å². The lowest BCUT2D eigenvalue weighted by molar-refractivity contribution is 0.208. The van der Waals surface area contributed by atoms with Crippen molar-refractivity contribution in [3.63, 3.8) is 0 Å². The second kappa shape index (κ2) is 7.25. The zero-order valence-electron chi connectivity index (χ0n) is 14.1. The molecule has 0 spiro atoms. The summed E-state index contributed by atoms with van der Waals surface area (Å²) >= 11 is 0. The molecule has 0 unspecified atom stereocenters. The lowest BCUT2D eigenvalue weighted by Gasteiger charge is -2.36. The lowest BCUT2D eigenvalue weighted by Crippen LogP contribution is -2.50. The number of para-hydroxylation sites is 2. The third-order valence-corrected chi connectivity index (χ3v) is 4.13. The molecule has 2 aromatic rings. The van der Waals surface area contributed by atoms with Crippen molar-refractivity contribution in [2.45, 2.75) is 6.92 Å². The fourth-order valence-electron chi connectivity index (χ4n) is 2.83. The highest BCUT2D eigenvalue weighted by Crippen LogP contribution is 2.28. The Morgan fingerprint density at radius 3 is 2.62 bits per heavy atom. The molecule has 0 bridgehead atoms. The summed E-state index contributed by atoms with van der Waals surface area (Å²) in [5, 5.41) is 6.95. The van der Waals surface area contributed by atoms with Crippen LogP contribution in [-0.2, 0) is 7.05 Å². The first kappa shape index (κ1) is 16.2. The summed E-state index contributed by atoms with van der Waals surface area (Å²) < 4.78 is 7.35. The molecular weight excluding hydrogens is 306 g/mol. The van der Waals surface area contributed by atoms with E-state index in [4.69, 9.17) is 4.74 Å². The lowest BCUT2D eigenvalue weighted by atomic mass is 10.2. The van der Waals surface area contributed by atoms with E-state index in [2.05, 4.69) is 21.4 Å². The fraction of sp³-hybridized carbons (Fsp3) is 0.412. The Hall–Kier alpha value is -2.70. The van der Waals surface area contributed by atoms with Crippen molar-refractivity contribution in [3.8, 4) is 5.75 Å². The van der Waals surface area contributed by atoms with Crippen LogP contribution in [-0.4, -0.2) is 53.5 Å². The smallest absolute Gasteiger partial charge is 0.323 e. The van der Waals surface area contributed by atoms with Gasteiger partial charge in [0, 0.05) is 39.3 Å². The van der Waals surface area contributed by atoms with E-state index >= 15 is 0 Å². The van der Waals surface area contributed by atoms with Gasteiger partial charge in [-0.05, 0) is 19.1 Å². The van der Waals surface area contributed by atoms with E-state index < -0.39 is 0 Å². The van der Waals surface area contributed by atoms with E-state index in [0.717, 1.165) is 24.5 Å². The van der Waals surface area contributed by atoms with Crippen LogP contribution in [0.2, 0.25) is 0 Å². The maximum atomic E-state index is 12.4. The number of hydrogen-bond acceptors (Lipinski definition) is 4. The number of nitrogens with zero attached hydrogens (tertiary/aromatic N) is 4. The number of anilines is 2. The minimum atomic E-state index is -0.0867. The molecule has 1 N–H and O–H groups in total. The number of benzene rings is 1. The third kappa shape index (κ3) is 3.45. The Labute approximate surface area is 141 Å². The Morgan fingerprint density at radius 2 is 1.96 bits per heavy atom. The Kier molecular flexibility index (Phi) is 4.88. The van der Waals surface area contributed by atoms with Gasteiger partial charge in [0.1, 0.15) is 11.6 Å². The molecule has 0 saturated carbocycles. The van der Waals surface area contributed by atoms with E-state index in [-0.39, 0.29) is 6.03 Å². The van der Waals surface area contributed by atoms with Gasteiger partial charge in [-0.15, -0.1) is 0 Å². The number of hydrogen-bond donors (Lipinski definition) is 1. The summed E-state index contributed by atoms with van der Waals surface area (Å²) in [7, 11) is 1.80. The van der Waals surface area contributed by atoms with E-state index in [9.17, 15) is 4.79 Å². The molecule has 7 nitrogen and oxygen atoms in total. The molecule has 0 atom stereocenters. The second-order valence-corrected chi connectivity index (χ2v) is 5.65. The predicted molar refractivity (Wildman–Crippen MR) is 93.6 cm³/mol. The number of piperazine rings is 1. The summed E-state index contributed by atoms with van der Waals surface area (Å²) in [5.41, 5.74) is 1.09. The van der Waals surface area contributed by atoms with Gasteiger partial charge in [0.15, 0.2) is 0 Å². The predicted octanol–water partition coefficient (Wildman–Crippen LogP) is 2.17. The van der Waals surface area contributed by atoms with Crippen LogP contribution < -0.4 is 15.0 Å². The Balaban J connectivity index is 1.60. The molecule has 0 radical (unpaired) electrons. The largest absolute Gasteiger partial charge is 0.492 e. The molecule has 1 saturated heterocycles. The van der Waals surface area contributed by atoms with Crippen LogP contribution in [0.1, 0.15) is 6.92 Å². The number of nitrogens with one attached hydrogen (secondary N) is 1. The van der Waals surface area contributed by atoms with Crippen LogP contribution in [0.5, 0.6) is 5.75 Å². The van der Waals surface area contributed by atoms with Crippen molar-refractivity contribution < 1.29 is 9.53 Å². The van der Waals surface area contributed by atoms with Crippen molar-refractivity contribution >= 4 is 17.5 Å². The number of ether oxygens (including phenoxy) is 1. The molecule has 24 heavy (non-hydrogen) atoms. The molecule has 1 aliphatic heterocycles. The van der Waals surface area contributed by atoms with Crippen LogP contribution in [0.15, 0.2) is 36.5 Å². The number of urea groups is 1. The molecule has 0 aliphatic carbocycles. The van der Waals surface area contributed by atoms with Gasteiger partial charge in [-0.2, -0.15) is 5.10 Å². The topological polar surface area (TPSA) is 62.6 Å². The highest BCUT2D eigenvalue weighted by molar-refractivity contribution is 5.88. The maximum absolute atomic E-state index is 12.4. The first-order chi connectivity index (χ1) is 11.7. The number of carbonyl (C=O) groups is 1. The minimum absolute atomic E-state index is 0.0867. The van der Waals surface area contributed by atoms with E-state index in [1.165, 1.54) is 0 Å². The third-order valence-electron chi connectivity index (χ3n) is 4.13. The average Bonchev–Trinajstić information content (AvgIpc) is 3.01. The monoisotopic (exact) mass is 329 g/mol. The van der Waals surface area contributed by atoms with Gasteiger partial charge >= 0.3 is 6.03 Å². The summed E-state index contributed by atoms with van der Waals surface area (Å²) in [6, 6.07) is 9.74. The standard InChI is InChI=1S/C17H23N5O2/c1-3-24-15-7-5-4-6-14(15)21-10-12-22(13-11-21)17(23)19-16-8-9-18-20(16)2/h4-9H,3,10-13H2,1-2H3,(H,19,23). The summed E-state index contributed by atoms with van der Waals surface area (Å²) in [6.07, 6.45) is 1.66. The van der Waals surface area contributed by atoms with Crippen LogP contribution >= 0.6 is 0 Å². The highest BCUT2D eigenvalue weighted by Gasteiger charge is 2.23. The Morgan fingerprint density at radius 1 is 1.21 bits per heavy atom. The Bertz CT molecular complexity index is 692. The van der Waals surface area contributed by atoms with Gasteiger partial charge in [0.2, 0.25) is 0 Å². The number of aromatic nitrogens is 2. The number of carbonyl (C=O) groups excluding carboxylic acids is 1. The highest BCUT2D eigenvalue weighted by atomic mass is 16.5. The molecule has 2 heterocycles. The van der Waals surface area contributed by atoms with Crippen LogP contribution in [0, 0.1) is 0 Å². The second-order valence-electron chi connectivity index (χ2n) is 5.65. The van der Waals surface area contributed by atoms with Gasteiger partial charge < -0.3 is 14.5 Å². The zero-order valence-corrected chi connectivity index (χ0v) is 14.1. The molecule has 2 amide bonds. The molecule has 1 aromatic heterocycles. The van der Waals surface area contributed by atoms with Gasteiger partial charge in [-0.3, -0.25) is 10.00 Å². The fourth-order valence-corrected chi connectivity index (χ4v) is 2.83. The van der Waals surface area contributed by atoms with Gasteiger partial charge in [0.25, 0.3) is 0 Å². The minimum Gasteiger partial charge on any atom is -0.492 e. The van der Waals surface area contributed by atoms with Crippen molar-refractivity contribution in [3.05, 3.63) is 36.5 Å². The van der Waals surface area contributed by atoms with Gasteiger partial charge in [-0.25, -0.2) is 4.79 Å². The molecule has 128 valence electrons. The molecule has 1 aliphatic rings. The van der Waals surface area contributed by atoms with E-state index in [1.807, 2.05) is 30.0 Å². The number of rotatable bonds is 4. The summed E-state index contributed by atoms with van der Waals surface area (Å²) in [5.74, 6) is 1.59. The summed E-state index contributed by atoms with van der Waals surface area (Å²) in [4.78, 5) is 16.4. The van der Waals surface area contributed by atoms with Crippen LogP contribution in [0.4, 0.5) is 16.3 Å². The van der Waals surface area contributed by atoms with Crippen LogP contribution in [0.25, 0.3) is 0 Å². The quantitative estimate of drug-likeness (QED) is 0.934. The van der Waals surface area contributed by atoms with Crippen molar-refractivity contribution in [2.24, 2.45) is 7.05 Å². The van der Waals surface area contributed by atoms with Crippen LogP contribution in [0.3, 0.4) is 0 Å². The number of amides is 2. The molecule has 1 fully saturated rings. The van der Waals surface area contributed by atoms with Gasteiger partial charge in [-0.1, -0.05) is 12.1 Å². The number of aryl methyl sites for hydroxylation is 1. The molecule has 1 aromatic carbocycles. The SMILES string of the molecule is CCOc1ccccc1N1CCN(C(=O)Nc2ccnn2C)CC1. The zero-order chi connectivity index (χ0) is 16.9. The maximum Gasteiger partial charge on any atom is 0.323 e. The molecule has 7 heteroatoms. The van der Waals surface area contributed by atoms with E-state index in [0.29, 0.717) is 25.5 Å². The van der Waals surface area contributed by atoms with Crippen molar-refractivity contribution in [1.82, 2.24) is 14.7 Å². The molecular formula is C17H23N5O2. The van der Waals surface area contributed by atoms with Crippen molar-refractivity contribution in [2.75, 3.05) is 43.0 Å². The first-order valence-corrected chi connectivity index (χ1v) is 8.19. The first-order valence-electron chi connectivity index (χ1n) is 8.19. The normalized spacial score (nSPS) is 14.6. The van der Waals surface area contributed by atoms with E-state index in [1.54, 1.807) is 24.0 Å². The average molecular weight is 329 g/mol. The summed E-state index contributed by atoms with van der Waals surface area (Å²) in [6.45, 7) is 5.53. The van der Waals surface area contributed by atoms with Gasteiger partial charge in [0.05, 0.1) is 18.5 Å². The molecule has 3 rings (SSSR count).